The van der Waals surface area contributed by atoms with E-state index < -0.39 is 34.8 Å². The molecule has 0 spiro atoms. The van der Waals surface area contributed by atoms with E-state index in [9.17, 15) is 24.0 Å². The van der Waals surface area contributed by atoms with Crippen molar-refractivity contribution in [3.8, 4) is 0 Å². The number of thioether (sulfide) groups is 1. The van der Waals surface area contributed by atoms with Gasteiger partial charge >= 0.3 is 5.97 Å². The molecule has 1 heterocycles. The number of ether oxygens (including phenoxy) is 1. The highest BCUT2D eigenvalue weighted by molar-refractivity contribution is 8.00. The smallest absolute Gasteiger partial charge is 0.341 e. The summed E-state index contributed by atoms with van der Waals surface area (Å²) in [5.74, 6) is -2.23. The average molecular weight is 823 g/mol. The van der Waals surface area contributed by atoms with Crippen molar-refractivity contribution in [2.24, 2.45) is 0 Å². The first-order valence-electron chi connectivity index (χ1n) is 18.7. The molecule has 1 aromatic heterocycles. The van der Waals surface area contributed by atoms with Crippen LogP contribution in [0, 0.1) is 6.92 Å². The summed E-state index contributed by atoms with van der Waals surface area (Å²) in [6.45, 7) is 5.83. The summed E-state index contributed by atoms with van der Waals surface area (Å²) < 4.78 is 5.06. The lowest BCUT2D eigenvalue weighted by molar-refractivity contribution is -0.116. The highest BCUT2D eigenvalue weighted by Gasteiger charge is 2.30. The number of rotatable bonds is 14. The summed E-state index contributed by atoms with van der Waals surface area (Å²) in [6, 6.07) is 41.5. The quantitative estimate of drug-likeness (QED) is 0.0487. The molecule has 1 unspecified atom stereocenters. The molecule has 5 aromatic carbocycles. The zero-order valence-corrected chi connectivity index (χ0v) is 34.4. The van der Waals surface area contributed by atoms with Crippen molar-refractivity contribution in [2.75, 3.05) is 23.1 Å². The van der Waals surface area contributed by atoms with Gasteiger partial charge in [-0.2, -0.15) is 0 Å². The van der Waals surface area contributed by atoms with Gasteiger partial charge in [0, 0.05) is 21.8 Å². The molecule has 0 radical (unpaired) electrons. The van der Waals surface area contributed by atoms with Gasteiger partial charge in [0.1, 0.15) is 15.9 Å². The summed E-state index contributed by atoms with van der Waals surface area (Å²) in [7, 11) is 1.24. The number of carbonyl (C=O) groups is 5. The molecule has 0 aliphatic heterocycles. The van der Waals surface area contributed by atoms with Crippen molar-refractivity contribution in [3.05, 3.63) is 183 Å². The zero-order valence-electron chi connectivity index (χ0n) is 32.8. The molecule has 10 nitrogen and oxygen atoms in total. The molecule has 0 aliphatic carbocycles. The normalized spacial score (nSPS) is 11.6. The number of nitrogens with one attached hydrogen (secondary N) is 4. The van der Waals surface area contributed by atoms with Gasteiger partial charge in [0.25, 0.3) is 17.7 Å². The number of esters is 1. The van der Waals surface area contributed by atoms with Gasteiger partial charge in [-0.05, 0) is 83.6 Å². The zero-order chi connectivity index (χ0) is 41.9. The van der Waals surface area contributed by atoms with E-state index in [4.69, 9.17) is 4.74 Å². The fourth-order valence-corrected chi connectivity index (χ4v) is 8.20. The second-order valence-corrected chi connectivity index (χ2v) is 15.9. The van der Waals surface area contributed by atoms with E-state index >= 15 is 0 Å². The van der Waals surface area contributed by atoms with Gasteiger partial charge < -0.3 is 26.0 Å². The molecule has 0 bridgehead atoms. The van der Waals surface area contributed by atoms with Crippen LogP contribution in [-0.2, 0) is 14.3 Å². The van der Waals surface area contributed by atoms with Crippen molar-refractivity contribution >= 4 is 75.1 Å². The van der Waals surface area contributed by atoms with Crippen molar-refractivity contribution in [2.45, 2.75) is 36.8 Å². The Morgan fingerprint density at radius 3 is 1.95 bits per heavy atom. The molecule has 4 amide bonds. The Morgan fingerprint density at radius 1 is 0.678 bits per heavy atom. The number of carbonyl (C=O) groups excluding carboxylic acids is 5. The standard InChI is InChI=1S/C47H42N4O6S2/c1-29(2)32-25-23-31(24-26-32)27-38(50-42(52)34-17-10-6-11-18-34)43(53)49-36-21-14-22-37(28-36)58-41(33-15-8-5-9-16-33)45(55)51-46-39(47(56)57-4)30(3)40(59-46)44(54)48-35-19-12-7-13-20-35/h5-29,41H,1-4H3,(H,48,54)(H,49,53)(H,50,52)(H,51,55)/b38-27+. The van der Waals surface area contributed by atoms with Crippen molar-refractivity contribution in [1.82, 2.24) is 5.32 Å². The van der Waals surface area contributed by atoms with Crippen LogP contribution in [-0.4, -0.2) is 36.7 Å². The third kappa shape index (κ3) is 10.8. The van der Waals surface area contributed by atoms with Crippen LogP contribution < -0.4 is 21.3 Å². The van der Waals surface area contributed by atoms with Crippen LogP contribution in [0.5, 0.6) is 0 Å². The SMILES string of the molecule is COC(=O)c1c(NC(=O)C(Sc2cccc(NC(=O)/C(=C\c3ccc(C(C)C)cc3)NC(=O)c3ccccc3)c2)c2ccccc2)sc(C(=O)Nc2ccccc2)c1C. The maximum absolute atomic E-state index is 14.3. The molecule has 1 atom stereocenters. The summed E-state index contributed by atoms with van der Waals surface area (Å²) in [5.41, 5.74) is 4.46. The van der Waals surface area contributed by atoms with Crippen LogP contribution in [0.4, 0.5) is 16.4 Å². The second kappa shape index (κ2) is 19.6. The Labute approximate surface area is 351 Å². The van der Waals surface area contributed by atoms with E-state index in [1.165, 1.54) is 18.9 Å². The average Bonchev–Trinajstić information content (AvgIpc) is 3.58. The van der Waals surface area contributed by atoms with Crippen LogP contribution >= 0.6 is 23.1 Å². The Kier molecular flexibility index (Phi) is 13.9. The Balaban J connectivity index is 1.25. The molecule has 0 saturated heterocycles. The highest BCUT2D eigenvalue weighted by atomic mass is 32.2. The maximum atomic E-state index is 14.3. The number of methoxy groups -OCH3 is 1. The number of hydrogen-bond donors (Lipinski definition) is 4. The lowest BCUT2D eigenvalue weighted by Gasteiger charge is -2.18. The highest BCUT2D eigenvalue weighted by Crippen LogP contribution is 2.40. The minimum atomic E-state index is -0.828. The van der Waals surface area contributed by atoms with Crippen LogP contribution in [0.3, 0.4) is 0 Å². The number of amides is 4. The number of para-hydroxylation sites is 1. The van der Waals surface area contributed by atoms with Gasteiger partial charge in [-0.3, -0.25) is 19.2 Å². The fraction of sp³-hybridized carbons (Fsp3) is 0.128. The van der Waals surface area contributed by atoms with Gasteiger partial charge in [-0.15, -0.1) is 23.1 Å². The van der Waals surface area contributed by atoms with Crippen LogP contribution in [0.25, 0.3) is 6.08 Å². The van der Waals surface area contributed by atoms with E-state index in [-0.39, 0.29) is 21.1 Å². The van der Waals surface area contributed by atoms with Crippen LogP contribution in [0.15, 0.2) is 150 Å². The second-order valence-electron chi connectivity index (χ2n) is 13.7. The molecular formula is C47H42N4O6S2. The van der Waals surface area contributed by atoms with Gasteiger partial charge in [-0.1, -0.05) is 111 Å². The number of thiophene rings is 1. The van der Waals surface area contributed by atoms with E-state index in [0.29, 0.717) is 38.9 Å². The van der Waals surface area contributed by atoms with Crippen molar-refractivity contribution < 1.29 is 28.7 Å². The third-order valence-electron chi connectivity index (χ3n) is 9.14. The lowest BCUT2D eigenvalue weighted by atomic mass is 10.0. The number of benzene rings is 5. The molecule has 4 N–H and O–H groups in total. The summed E-state index contributed by atoms with van der Waals surface area (Å²) in [6.07, 6.45) is 1.63. The molecule has 12 heteroatoms. The predicted molar refractivity (Wildman–Crippen MR) is 236 cm³/mol. The first-order valence-corrected chi connectivity index (χ1v) is 20.4. The minimum Gasteiger partial charge on any atom is -0.465 e. The molecule has 0 aliphatic rings. The fourth-order valence-electron chi connectivity index (χ4n) is 6.02. The third-order valence-corrected chi connectivity index (χ3v) is 11.6. The Morgan fingerprint density at radius 2 is 1.31 bits per heavy atom. The van der Waals surface area contributed by atoms with Crippen molar-refractivity contribution in [1.29, 1.82) is 0 Å². The Hall–Kier alpha value is -6.76. The van der Waals surface area contributed by atoms with E-state index in [1.54, 1.807) is 85.8 Å². The molecule has 59 heavy (non-hydrogen) atoms. The first kappa shape index (κ1) is 41.9. The summed E-state index contributed by atoms with van der Waals surface area (Å²) in [5, 5.41) is 10.8. The van der Waals surface area contributed by atoms with Gasteiger partial charge in [0.15, 0.2) is 0 Å². The van der Waals surface area contributed by atoms with E-state index in [2.05, 4.69) is 35.1 Å². The molecule has 0 fully saturated rings. The maximum Gasteiger partial charge on any atom is 0.341 e. The van der Waals surface area contributed by atoms with Gasteiger partial charge in [0.2, 0.25) is 5.91 Å². The number of anilines is 3. The first-order chi connectivity index (χ1) is 28.5. The van der Waals surface area contributed by atoms with E-state index in [0.717, 1.165) is 22.5 Å². The molecule has 6 aromatic rings. The summed E-state index contributed by atoms with van der Waals surface area (Å²) >= 11 is 2.22. The Bertz CT molecular complexity index is 2490. The van der Waals surface area contributed by atoms with Gasteiger partial charge in [0.05, 0.1) is 17.6 Å². The van der Waals surface area contributed by atoms with E-state index in [1.807, 2.05) is 66.7 Å². The monoisotopic (exact) mass is 822 g/mol. The van der Waals surface area contributed by atoms with Crippen LogP contribution in [0.2, 0.25) is 0 Å². The molecule has 6 rings (SSSR count). The molecular weight excluding hydrogens is 781 g/mol. The van der Waals surface area contributed by atoms with Crippen LogP contribution in [0.1, 0.15) is 77.7 Å². The molecule has 0 saturated carbocycles. The lowest BCUT2D eigenvalue weighted by Crippen LogP contribution is -2.30. The largest absolute Gasteiger partial charge is 0.465 e. The topological polar surface area (TPSA) is 143 Å². The van der Waals surface area contributed by atoms with Crippen molar-refractivity contribution in [3.63, 3.8) is 0 Å². The van der Waals surface area contributed by atoms with Gasteiger partial charge in [-0.25, -0.2) is 4.79 Å². The molecule has 298 valence electrons. The predicted octanol–water partition coefficient (Wildman–Crippen LogP) is 10.1. The number of hydrogen-bond acceptors (Lipinski definition) is 8. The summed E-state index contributed by atoms with van der Waals surface area (Å²) in [4.78, 5) is 68.7. The minimum absolute atomic E-state index is 0.0419.